The van der Waals surface area contributed by atoms with E-state index in [0.717, 1.165) is 24.5 Å². The zero-order valence-electron chi connectivity index (χ0n) is 13.9. The second kappa shape index (κ2) is 7.17. The molecule has 1 aliphatic carbocycles. The molecule has 0 aromatic heterocycles. The third kappa shape index (κ3) is 4.63. The monoisotopic (exact) mass is 291 g/mol. The minimum absolute atomic E-state index is 0.543. The molecule has 0 atom stereocenters. The number of hydrogen-bond donors (Lipinski definition) is 1. The van der Waals surface area contributed by atoms with Crippen LogP contribution in [-0.4, -0.2) is 26.8 Å². The van der Waals surface area contributed by atoms with Gasteiger partial charge in [0.25, 0.3) is 0 Å². The standard InChI is InChI=1S/C18H29NO2/c1-18(2)10-7-15(8-11-18)19-12-9-14-5-6-16(20-3)17(13-14)21-4/h5-6,13,15,19H,7-12H2,1-4H3. The summed E-state index contributed by atoms with van der Waals surface area (Å²) in [6.07, 6.45) is 6.31. The summed E-state index contributed by atoms with van der Waals surface area (Å²) in [5.41, 5.74) is 1.83. The lowest BCUT2D eigenvalue weighted by Crippen LogP contribution is -2.36. The summed E-state index contributed by atoms with van der Waals surface area (Å²) in [6, 6.07) is 6.87. The van der Waals surface area contributed by atoms with Gasteiger partial charge in [-0.2, -0.15) is 0 Å². The van der Waals surface area contributed by atoms with E-state index >= 15 is 0 Å². The first-order chi connectivity index (χ1) is 10.0. The Bertz CT molecular complexity index is 447. The molecule has 0 aliphatic heterocycles. The lowest BCUT2D eigenvalue weighted by Gasteiger charge is -2.34. The van der Waals surface area contributed by atoms with Crippen molar-refractivity contribution in [2.24, 2.45) is 5.41 Å². The van der Waals surface area contributed by atoms with E-state index in [4.69, 9.17) is 9.47 Å². The summed E-state index contributed by atoms with van der Waals surface area (Å²) in [6.45, 7) is 5.79. The molecule has 0 amide bonds. The highest BCUT2D eigenvalue weighted by Crippen LogP contribution is 2.35. The van der Waals surface area contributed by atoms with Crippen molar-refractivity contribution in [2.45, 2.75) is 52.0 Å². The maximum absolute atomic E-state index is 5.35. The fourth-order valence-electron chi connectivity index (χ4n) is 3.06. The van der Waals surface area contributed by atoms with Gasteiger partial charge in [-0.3, -0.25) is 0 Å². The van der Waals surface area contributed by atoms with E-state index in [9.17, 15) is 0 Å². The molecule has 1 aliphatic rings. The average Bonchev–Trinajstić information content (AvgIpc) is 2.48. The highest BCUT2D eigenvalue weighted by atomic mass is 16.5. The Labute approximate surface area is 129 Å². The van der Waals surface area contributed by atoms with Crippen LogP contribution in [0.2, 0.25) is 0 Å². The Hall–Kier alpha value is -1.22. The minimum atomic E-state index is 0.543. The van der Waals surface area contributed by atoms with Gasteiger partial charge in [0.2, 0.25) is 0 Å². The molecule has 0 radical (unpaired) electrons. The van der Waals surface area contributed by atoms with Gasteiger partial charge in [-0.25, -0.2) is 0 Å². The van der Waals surface area contributed by atoms with Crippen LogP contribution in [0.5, 0.6) is 11.5 Å². The summed E-state index contributed by atoms with van der Waals surface area (Å²) in [5.74, 6) is 1.61. The Morgan fingerprint density at radius 2 is 1.76 bits per heavy atom. The average molecular weight is 291 g/mol. The summed E-state index contributed by atoms with van der Waals surface area (Å²) in [7, 11) is 3.35. The largest absolute Gasteiger partial charge is 0.493 e. The molecule has 0 unspecified atom stereocenters. The maximum atomic E-state index is 5.35. The van der Waals surface area contributed by atoms with Gasteiger partial charge in [-0.15, -0.1) is 0 Å². The molecule has 1 N–H and O–H groups in total. The van der Waals surface area contributed by atoms with Gasteiger partial charge in [-0.05, 0) is 61.8 Å². The smallest absolute Gasteiger partial charge is 0.160 e. The number of rotatable bonds is 6. The van der Waals surface area contributed by atoms with Crippen LogP contribution >= 0.6 is 0 Å². The van der Waals surface area contributed by atoms with Gasteiger partial charge < -0.3 is 14.8 Å². The van der Waals surface area contributed by atoms with Crippen LogP contribution in [0.15, 0.2) is 18.2 Å². The van der Waals surface area contributed by atoms with E-state index in [0.29, 0.717) is 11.5 Å². The van der Waals surface area contributed by atoms with Crippen molar-refractivity contribution in [1.82, 2.24) is 5.32 Å². The van der Waals surface area contributed by atoms with Gasteiger partial charge in [-0.1, -0.05) is 19.9 Å². The van der Waals surface area contributed by atoms with Gasteiger partial charge in [0.05, 0.1) is 14.2 Å². The molecule has 1 fully saturated rings. The number of ether oxygens (including phenoxy) is 2. The Kier molecular flexibility index (Phi) is 5.51. The fourth-order valence-corrected chi connectivity index (χ4v) is 3.06. The molecule has 21 heavy (non-hydrogen) atoms. The summed E-state index contributed by atoms with van der Waals surface area (Å²) < 4.78 is 10.6. The Morgan fingerprint density at radius 3 is 2.38 bits per heavy atom. The number of benzene rings is 1. The van der Waals surface area contributed by atoms with Crippen molar-refractivity contribution in [3.8, 4) is 11.5 Å². The highest BCUT2D eigenvalue weighted by Gasteiger charge is 2.26. The van der Waals surface area contributed by atoms with Crippen molar-refractivity contribution in [2.75, 3.05) is 20.8 Å². The van der Waals surface area contributed by atoms with Crippen LogP contribution in [-0.2, 0) is 6.42 Å². The predicted molar refractivity (Wildman–Crippen MR) is 87.3 cm³/mol. The van der Waals surface area contributed by atoms with E-state index in [-0.39, 0.29) is 0 Å². The zero-order valence-corrected chi connectivity index (χ0v) is 13.9. The first-order valence-electron chi connectivity index (χ1n) is 7.98. The molecule has 3 heteroatoms. The topological polar surface area (TPSA) is 30.5 Å². The van der Waals surface area contributed by atoms with Crippen molar-refractivity contribution >= 4 is 0 Å². The molecule has 0 saturated heterocycles. The maximum Gasteiger partial charge on any atom is 0.160 e. The van der Waals surface area contributed by atoms with E-state index in [1.165, 1.54) is 31.2 Å². The van der Waals surface area contributed by atoms with Crippen LogP contribution < -0.4 is 14.8 Å². The van der Waals surface area contributed by atoms with Crippen LogP contribution in [0.4, 0.5) is 0 Å². The molecule has 118 valence electrons. The fraction of sp³-hybridized carbons (Fsp3) is 0.667. The van der Waals surface area contributed by atoms with E-state index in [1.54, 1.807) is 14.2 Å². The molecule has 0 bridgehead atoms. The SMILES string of the molecule is COc1ccc(CCNC2CCC(C)(C)CC2)cc1OC. The number of methoxy groups -OCH3 is 2. The summed E-state index contributed by atoms with van der Waals surface area (Å²) in [4.78, 5) is 0. The third-order valence-corrected chi connectivity index (χ3v) is 4.63. The van der Waals surface area contributed by atoms with Crippen LogP contribution in [0, 0.1) is 5.41 Å². The van der Waals surface area contributed by atoms with E-state index in [1.807, 2.05) is 6.07 Å². The molecule has 0 heterocycles. The second-order valence-corrected chi connectivity index (χ2v) is 6.83. The predicted octanol–water partition coefficient (Wildman–Crippen LogP) is 3.80. The normalized spacial score (nSPS) is 18.5. The van der Waals surface area contributed by atoms with Gasteiger partial charge >= 0.3 is 0 Å². The van der Waals surface area contributed by atoms with Crippen LogP contribution in [0.25, 0.3) is 0 Å². The Morgan fingerprint density at radius 1 is 1.10 bits per heavy atom. The first-order valence-corrected chi connectivity index (χ1v) is 7.98. The zero-order chi connectivity index (χ0) is 15.3. The van der Waals surface area contributed by atoms with Crippen molar-refractivity contribution in [1.29, 1.82) is 0 Å². The number of nitrogens with one attached hydrogen (secondary N) is 1. The molecular formula is C18H29NO2. The second-order valence-electron chi connectivity index (χ2n) is 6.83. The molecular weight excluding hydrogens is 262 g/mol. The van der Waals surface area contributed by atoms with E-state index in [2.05, 4.69) is 31.3 Å². The molecule has 1 aromatic rings. The van der Waals surface area contributed by atoms with E-state index < -0.39 is 0 Å². The molecule has 2 rings (SSSR count). The molecule has 3 nitrogen and oxygen atoms in total. The highest BCUT2D eigenvalue weighted by molar-refractivity contribution is 5.42. The lowest BCUT2D eigenvalue weighted by molar-refractivity contribution is 0.207. The van der Waals surface area contributed by atoms with Gasteiger partial charge in [0.15, 0.2) is 11.5 Å². The third-order valence-electron chi connectivity index (χ3n) is 4.63. The summed E-state index contributed by atoms with van der Waals surface area (Å²) >= 11 is 0. The quantitative estimate of drug-likeness (QED) is 0.864. The van der Waals surface area contributed by atoms with Gasteiger partial charge in [0, 0.05) is 6.04 Å². The molecule has 1 saturated carbocycles. The van der Waals surface area contributed by atoms with Crippen molar-refractivity contribution in [3.63, 3.8) is 0 Å². The molecule has 0 spiro atoms. The van der Waals surface area contributed by atoms with Crippen LogP contribution in [0.3, 0.4) is 0 Å². The lowest BCUT2D eigenvalue weighted by atomic mass is 9.75. The Balaban J connectivity index is 1.79. The summed E-state index contributed by atoms with van der Waals surface area (Å²) in [5, 5.41) is 3.70. The number of hydrogen-bond acceptors (Lipinski definition) is 3. The minimum Gasteiger partial charge on any atom is -0.493 e. The molecule has 1 aromatic carbocycles. The van der Waals surface area contributed by atoms with Crippen molar-refractivity contribution in [3.05, 3.63) is 23.8 Å². The van der Waals surface area contributed by atoms with Crippen molar-refractivity contribution < 1.29 is 9.47 Å². The first kappa shape index (κ1) is 16.2. The van der Waals surface area contributed by atoms with Crippen LogP contribution in [0.1, 0.15) is 45.1 Å². The van der Waals surface area contributed by atoms with Gasteiger partial charge in [0.1, 0.15) is 0 Å².